The molecular formula is C6H3BrN2O4. The van der Waals surface area contributed by atoms with Gasteiger partial charge in [0.25, 0.3) is 0 Å². The summed E-state index contributed by atoms with van der Waals surface area (Å²) in [6.45, 7) is 0. The van der Waals surface area contributed by atoms with Gasteiger partial charge in [-0.1, -0.05) is 0 Å². The van der Waals surface area contributed by atoms with Crippen molar-refractivity contribution in [2.45, 2.75) is 0 Å². The van der Waals surface area contributed by atoms with Gasteiger partial charge in [0.05, 0.1) is 6.20 Å². The molecule has 1 aromatic rings. The number of hydrogen-bond acceptors (Lipinski definition) is 4. The summed E-state index contributed by atoms with van der Waals surface area (Å²) in [6, 6.07) is 0. The molecule has 2 N–H and O–H groups in total. The summed E-state index contributed by atoms with van der Waals surface area (Å²) in [7, 11) is 0. The molecule has 1 rings (SSSR count). The molecule has 1 aromatic heterocycles. The van der Waals surface area contributed by atoms with Gasteiger partial charge in [-0.3, -0.25) is 0 Å². The Hall–Kier alpha value is -1.50. The Morgan fingerprint density at radius 3 is 2.31 bits per heavy atom. The third kappa shape index (κ3) is 2.00. The second-order valence-electron chi connectivity index (χ2n) is 2.00. The van der Waals surface area contributed by atoms with Gasteiger partial charge < -0.3 is 10.2 Å². The highest BCUT2D eigenvalue weighted by Gasteiger charge is 2.14. The third-order valence-electron chi connectivity index (χ3n) is 1.15. The van der Waals surface area contributed by atoms with E-state index in [-0.39, 0.29) is 16.0 Å². The highest BCUT2D eigenvalue weighted by atomic mass is 79.9. The van der Waals surface area contributed by atoms with Crippen LogP contribution in [0.1, 0.15) is 21.0 Å². The predicted molar refractivity (Wildman–Crippen MR) is 43.7 cm³/mol. The number of aromatic carboxylic acids is 2. The maximum absolute atomic E-state index is 10.4. The van der Waals surface area contributed by atoms with E-state index in [4.69, 9.17) is 10.2 Å². The molecule has 0 fully saturated rings. The van der Waals surface area contributed by atoms with E-state index in [0.29, 0.717) is 0 Å². The Morgan fingerprint density at radius 2 is 1.92 bits per heavy atom. The molecule has 0 aliphatic heterocycles. The van der Waals surface area contributed by atoms with Crippen LogP contribution in [0.25, 0.3) is 0 Å². The van der Waals surface area contributed by atoms with Gasteiger partial charge in [-0.2, -0.15) is 0 Å². The van der Waals surface area contributed by atoms with E-state index < -0.39 is 11.9 Å². The van der Waals surface area contributed by atoms with Crippen molar-refractivity contribution in [2.24, 2.45) is 0 Å². The van der Waals surface area contributed by atoms with Crippen LogP contribution >= 0.6 is 15.9 Å². The number of halogens is 1. The number of hydrogen-bond donors (Lipinski definition) is 2. The molecule has 0 aliphatic rings. The van der Waals surface area contributed by atoms with E-state index in [9.17, 15) is 9.59 Å². The van der Waals surface area contributed by atoms with Gasteiger partial charge in [-0.15, -0.1) is 0 Å². The second kappa shape index (κ2) is 3.48. The molecule has 0 atom stereocenters. The minimum atomic E-state index is -1.27. The minimum Gasteiger partial charge on any atom is -0.476 e. The molecule has 0 radical (unpaired) electrons. The quantitative estimate of drug-likeness (QED) is 0.794. The van der Waals surface area contributed by atoms with E-state index in [2.05, 4.69) is 25.9 Å². The zero-order chi connectivity index (χ0) is 10.0. The maximum atomic E-state index is 10.4. The standard InChI is InChI=1S/C6H3BrN2O4/c7-4-3(6(12)13)8-1-2(9-4)5(10)11/h1H,(H,10,11)(H,12,13). The van der Waals surface area contributed by atoms with Crippen molar-refractivity contribution in [3.05, 3.63) is 22.2 Å². The normalized spacial score (nSPS) is 9.62. The van der Waals surface area contributed by atoms with Gasteiger partial charge in [0.1, 0.15) is 4.60 Å². The zero-order valence-electron chi connectivity index (χ0n) is 6.06. The lowest BCUT2D eigenvalue weighted by Gasteiger charge is -1.97. The third-order valence-corrected chi connectivity index (χ3v) is 1.70. The molecule has 0 aliphatic carbocycles. The van der Waals surface area contributed by atoms with Crippen molar-refractivity contribution < 1.29 is 19.8 Å². The maximum Gasteiger partial charge on any atom is 0.357 e. The summed E-state index contributed by atoms with van der Waals surface area (Å²) >= 11 is 2.80. The molecule has 0 spiro atoms. The van der Waals surface area contributed by atoms with Crippen LogP contribution in [0.2, 0.25) is 0 Å². The Morgan fingerprint density at radius 1 is 1.31 bits per heavy atom. The van der Waals surface area contributed by atoms with E-state index in [1.807, 2.05) is 0 Å². The molecule has 6 nitrogen and oxygen atoms in total. The Labute approximate surface area is 80.4 Å². The van der Waals surface area contributed by atoms with Crippen molar-refractivity contribution >= 4 is 27.9 Å². The molecule has 68 valence electrons. The van der Waals surface area contributed by atoms with Crippen molar-refractivity contribution in [1.82, 2.24) is 9.97 Å². The molecule has 0 saturated carbocycles. The number of aromatic nitrogens is 2. The molecule has 0 saturated heterocycles. The van der Waals surface area contributed by atoms with Gasteiger partial charge in [-0.25, -0.2) is 19.6 Å². The number of carbonyl (C=O) groups is 2. The highest BCUT2D eigenvalue weighted by molar-refractivity contribution is 9.10. The lowest BCUT2D eigenvalue weighted by Crippen LogP contribution is -2.08. The molecule has 0 amide bonds. The van der Waals surface area contributed by atoms with Crippen LogP contribution in [0.5, 0.6) is 0 Å². The minimum absolute atomic E-state index is 0.0973. The summed E-state index contributed by atoms with van der Waals surface area (Å²) in [6.07, 6.45) is 0.885. The van der Waals surface area contributed by atoms with Crippen molar-refractivity contribution in [3.63, 3.8) is 0 Å². The van der Waals surface area contributed by atoms with E-state index in [1.165, 1.54) is 0 Å². The average molecular weight is 247 g/mol. The highest BCUT2D eigenvalue weighted by Crippen LogP contribution is 2.11. The van der Waals surface area contributed by atoms with Gasteiger partial charge in [-0.05, 0) is 15.9 Å². The largest absolute Gasteiger partial charge is 0.476 e. The topological polar surface area (TPSA) is 100 Å². The molecule has 7 heteroatoms. The SMILES string of the molecule is O=C(O)c1cnc(C(=O)O)c(Br)n1. The lowest BCUT2D eigenvalue weighted by molar-refractivity contribution is 0.0669. The summed E-state index contributed by atoms with van der Waals surface area (Å²) in [5.41, 5.74) is -0.623. The summed E-state index contributed by atoms with van der Waals surface area (Å²) in [5, 5.41) is 17.0. The molecular weight excluding hydrogens is 244 g/mol. The monoisotopic (exact) mass is 246 g/mol. The molecule has 0 aromatic carbocycles. The summed E-state index contributed by atoms with van der Waals surface area (Å²) < 4.78 is -0.0973. The summed E-state index contributed by atoms with van der Waals surface area (Å²) in [5.74, 6) is -2.53. The molecule has 0 bridgehead atoms. The first kappa shape index (κ1) is 9.59. The van der Waals surface area contributed by atoms with Crippen molar-refractivity contribution in [3.8, 4) is 0 Å². The van der Waals surface area contributed by atoms with E-state index >= 15 is 0 Å². The van der Waals surface area contributed by atoms with Crippen LogP contribution in [0.3, 0.4) is 0 Å². The van der Waals surface area contributed by atoms with Crippen molar-refractivity contribution in [1.29, 1.82) is 0 Å². The number of rotatable bonds is 2. The van der Waals surface area contributed by atoms with Crippen LogP contribution in [-0.4, -0.2) is 32.1 Å². The lowest BCUT2D eigenvalue weighted by atomic mass is 10.4. The summed E-state index contributed by atoms with van der Waals surface area (Å²) in [4.78, 5) is 27.7. The fourth-order valence-corrected chi connectivity index (χ4v) is 1.08. The van der Waals surface area contributed by atoms with E-state index in [1.54, 1.807) is 0 Å². The average Bonchev–Trinajstić information content (AvgIpc) is 2.03. The number of carboxylic acids is 2. The first-order chi connectivity index (χ1) is 6.02. The van der Waals surface area contributed by atoms with Crippen LogP contribution in [0.15, 0.2) is 10.8 Å². The molecule has 13 heavy (non-hydrogen) atoms. The van der Waals surface area contributed by atoms with Gasteiger partial charge in [0.2, 0.25) is 0 Å². The van der Waals surface area contributed by atoms with Crippen LogP contribution < -0.4 is 0 Å². The number of carboxylic acid groups (broad SMARTS) is 2. The number of nitrogens with zero attached hydrogens (tertiary/aromatic N) is 2. The van der Waals surface area contributed by atoms with Crippen LogP contribution in [0, 0.1) is 0 Å². The Balaban J connectivity index is 3.20. The van der Waals surface area contributed by atoms with Crippen LogP contribution in [0.4, 0.5) is 0 Å². The Bertz CT molecular complexity index is 379. The first-order valence-corrected chi connectivity index (χ1v) is 3.81. The van der Waals surface area contributed by atoms with E-state index in [0.717, 1.165) is 6.20 Å². The van der Waals surface area contributed by atoms with Crippen LogP contribution in [-0.2, 0) is 0 Å². The molecule has 0 unspecified atom stereocenters. The van der Waals surface area contributed by atoms with Gasteiger partial charge in [0.15, 0.2) is 11.4 Å². The Kier molecular flexibility index (Phi) is 2.57. The van der Waals surface area contributed by atoms with Gasteiger partial charge in [0, 0.05) is 0 Å². The fraction of sp³-hybridized carbons (Fsp3) is 0. The predicted octanol–water partition coefficient (Wildman–Crippen LogP) is 0.635. The second-order valence-corrected chi connectivity index (χ2v) is 2.76. The van der Waals surface area contributed by atoms with Gasteiger partial charge >= 0.3 is 11.9 Å². The van der Waals surface area contributed by atoms with Crippen molar-refractivity contribution in [2.75, 3.05) is 0 Å². The smallest absolute Gasteiger partial charge is 0.357 e. The zero-order valence-corrected chi connectivity index (χ0v) is 7.65. The fourth-order valence-electron chi connectivity index (χ4n) is 0.613. The molecule has 1 heterocycles. The first-order valence-electron chi connectivity index (χ1n) is 3.01.